The number of aryl methyl sites for hydroxylation is 1. The molecule has 1 N–H and O–H groups in total. The van der Waals surface area contributed by atoms with Crippen LogP contribution >= 0.6 is 0 Å². The highest BCUT2D eigenvalue weighted by Gasteiger charge is 2.26. The van der Waals surface area contributed by atoms with E-state index in [0.29, 0.717) is 6.42 Å². The Hall–Kier alpha value is -1.51. The number of carbonyl (C=O) groups is 1. The Morgan fingerprint density at radius 1 is 1.26 bits per heavy atom. The van der Waals surface area contributed by atoms with E-state index in [-0.39, 0.29) is 0 Å². The summed E-state index contributed by atoms with van der Waals surface area (Å²) in [5, 5.41) is 9.10. The lowest BCUT2D eigenvalue weighted by Gasteiger charge is -2.25. The van der Waals surface area contributed by atoms with E-state index in [4.69, 9.17) is 5.11 Å². The molecule has 1 rings (SSSR count). The van der Waals surface area contributed by atoms with Gasteiger partial charge in [0, 0.05) is 19.3 Å². The summed E-state index contributed by atoms with van der Waals surface area (Å²) in [6.45, 7) is 6.46. The van der Waals surface area contributed by atoms with Crippen LogP contribution < -0.4 is 4.90 Å². The predicted octanol–water partition coefficient (Wildman–Crippen LogP) is 3.58. The third-order valence-corrected chi connectivity index (χ3v) is 3.57. The minimum absolute atomic E-state index is 0.634. The minimum atomic E-state index is -0.737. The third kappa shape index (κ3) is 4.58. The van der Waals surface area contributed by atoms with Crippen molar-refractivity contribution >= 4 is 11.7 Å². The molecule has 0 aromatic heterocycles. The van der Waals surface area contributed by atoms with Crippen molar-refractivity contribution in [2.45, 2.75) is 40.0 Å². The van der Waals surface area contributed by atoms with E-state index in [2.05, 4.69) is 36.1 Å². The molecule has 0 bridgehead atoms. The van der Waals surface area contributed by atoms with Gasteiger partial charge in [0.05, 0.1) is 5.41 Å². The molecule has 0 atom stereocenters. The van der Waals surface area contributed by atoms with Crippen molar-refractivity contribution in [2.75, 3.05) is 18.5 Å². The highest BCUT2D eigenvalue weighted by molar-refractivity contribution is 5.73. The van der Waals surface area contributed by atoms with Crippen LogP contribution in [0.2, 0.25) is 0 Å². The first-order valence-corrected chi connectivity index (χ1v) is 6.90. The second-order valence-corrected chi connectivity index (χ2v) is 5.78. The molecular weight excluding hydrogens is 238 g/mol. The summed E-state index contributed by atoms with van der Waals surface area (Å²) in [7, 11) is 2.01. The van der Waals surface area contributed by atoms with E-state index in [0.717, 1.165) is 25.1 Å². The van der Waals surface area contributed by atoms with Gasteiger partial charge in [0.2, 0.25) is 0 Å². The van der Waals surface area contributed by atoms with Crippen LogP contribution in [0.4, 0.5) is 5.69 Å². The fourth-order valence-electron chi connectivity index (χ4n) is 1.89. The first-order valence-electron chi connectivity index (χ1n) is 6.90. The number of carboxylic acid groups (broad SMARTS) is 1. The van der Waals surface area contributed by atoms with Crippen LogP contribution in [0.3, 0.4) is 0 Å². The van der Waals surface area contributed by atoms with Crippen molar-refractivity contribution in [3.8, 4) is 0 Å². The number of aliphatic carboxylic acids is 1. The van der Waals surface area contributed by atoms with Crippen LogP contribution in [0, 0.1) is 5.41 Å². The van der Waals surface area contributed by atoms with Gasteiger partial charge < -0.3 is 10.0 Å². The van der Waals surface area contributed by atoms with Gasteiger partial charge in [0.25, 0.3) is 0 Å². The molecule has 0 aliphatic rings. The third-order valence-electron chi connectivity index (χ3n) is 3.57. The molecule has 0 amide bonds. The largest absolute Gasteiger partial charge is 0.481 e. The van der Waals surface area contributed by atoms with E-state index in [1.165, 1.54) is 5.56 Å². The van der Waals surface area contributed by atoms with Gasteiger partial charge in [0.1, 0.15) is 0 Å². The normalized spacial score (nSPS) is 11.4. The van der Waals surface area contributed by atoms with Crippen molar-refractivity contribution in [3.63, 3.8) is 0 Å². The number of carboxylic acids is 1. The fraction of sp³-hybridized carbons (Fsp3) is 0.562. The molecular formula is C16H25NO2. The minimum Gasteiger partial charge on any atom is -0.481 e. The topological polar surface area (TPSA) is 40.5 Å². The van der Waals surface area contributed by atoms with Gasteiger partial charge in [-0.2, -0.15) is 0 Å². The van der Waals surface area contributed by atoms with Crippen molar-refractivity contribution in [2.24, 2.45) is 5.41 Å². The predicted molar refractivity (Wildman–Crippen MR) is 79.7 cm³/mol. The monoisotopic (exact) mass is 263 g/mol. The zero-order valence-electron chi connectivity index (χ0n) is 12.4. The Bertz CT molecular complexity index is 409. The van der Waals surface area contributed by atoms with E-state index < -0.39 is 11.4 Å². The maximum Gasteiger partial charge on any atom is 0.309 e. The summed E-state index contributed by atoms with van der Waals surface area (Å²) in [6.07, 6.45) is 2.90. The molecule has 0 unspecified atom stereocenters. The smallest absolute Gasteiger partial charge is 0.309 e. The van der Waals surface area contributed by atoms with Crippen molar-refractivity contribution in [1.82, 2.24) is 0 Å². The quantitative estimate of drug-likeness (QED) is 0.817. The van der Waals surface area contributed by atoms with E-state index in [1.807, 2.05) is 7.05 Å². The summed E-state index contributed by atoms with van der Waals surface area (Å²) >= 11 is 0. The van der Waals surface area contributed by atoms with Gasteiger partial charge >= 0.3 is 5.97 Å². The first kappa shape index (κ1) is 15.5. The second-order valence-electron chi connectivity index (χ2n) is 5.78. The summed E-state index contributed by atoms with van der Waals surface area (Å²) in [6, 6.07) is 8.52. The van der Waals surface area contributed by atoms with Gasteiger partial charge in [-0.25, -0.2) is 0 Å². The Labute approximate surface area is 116 Å². The van der Waals surface area contributed by atoms with Crippen LogP contribution in [0.25, 0.3) is 0 Å². The van der Waals surface area contributed by atoms with E-state index in [1.54, 1.807) is 13.8 Å². The lowest BCUT2D eigenvalue weighted by molar-refractivity contribution is -0.147. The molecule has 1 aromatic rings. The maximum absolute atomic E-state index is 11.1. The molecule has 3 nitrogen and oxygen atoms in total. The summed E-state index contributed by atoms with van der Waals surface area (Å²) in [5.41, 5.74) is 1.82. The van der Waals surface area contributed by atoms with Crippen LogP contribution in [0.1, 0.15) is 39.2 Å². The highest BCUT2D eigenvalue weighted by atomic mass is 16.4. The Balaban J connectivity index is 2.58. The molecule has 3 heteroatoms. The molecule has 0 aliphatic carbocycles. The number of rotatable bonds is 7. The van der Waals surface area contributed by atoms with Crippen molar-refractivity contribution < 1.29 is 9.90 Å². The lowest BCUT2D eigenvalue weighted by Crippen LogP contribution is -2.30. The molecule has 0 saturated carbocycles. The average Bonchev–Trinajstić information content (AvgIpc) is 2.37. The molecule has 0 saturated heterocycles. The SMILES string of the molecule is CCCc1ccc(N(C)CCC(C)(C)C(=O)O)cc1. The number of anilines is 1. The standard InChI is InChI=1S/C16H25NO2/c1-5-6-13-7-9-14(10-8-13)17(4)12-11-16(2,3)15(18)19/h7-10H,5-6,11-12H2,1-4H3,(H,18,19). The zero-order chi connectivity index (χ0) is 14.5. The summed E-state index contributed by atoms with van der Waals surface area (Å²) < 4.78 is 0. The molecule has 0 heterocycles. The molecule has 106 valence electrons. The van der Waals surface area contributed by atoms with Gasteiger partial charge in [-0.1, -0.05) is 25.5 Å². The van der Waals surface area contributed by atoms with Gasteiger partial charge in [-0.3, -0.25) is 4.79 Å². The molecule has 0 fully saturated rings. The Kier molecular flexibility index (Phi) is 5.40. The Morgan fingerprint density at radius 3 is 2.32 bits per heavy atom. The summed E-state index contributed by atoms with van der Waals surface area (Å²) in [5.74, 6) is -0.737. The van der Waals surface area contributed by atoms with Gasteiger partial charge in [-0.05, 0) is 44.4 Å². The lowest BCUT2D eigenvalue weighted by atomic mass is 9.89. The van der Waals surface area contributed by atoms with E-state index in [9.17, 15) is 4.79 Å². The second kappa shape index (κ2) is 6.60. The van der Waals surface area contributed by atoms with Crippen LogP contribution in [-0.2, 0) is 11.2 Å². The molecule has 0 aliphatic heterocycles. The average molecular weight is 263 g/mol. The van der Waals surface area contributed by atoms with Gasteiger partial charge in [-0.15, -0.1) is 0 Å². The van der Waals surface area contributed by atoms with Crippen molar-refractivity contribution in [3.05, 3.63) is 29.8 Å². The van der Waals surface area contributed by atoms with Crippen LogP contribution in [0.5, 0.6) is 0 Å². The molecule has 0 radical (unpaired) electrons. The number of benzene rings is 1. The fourth-order valence-corrected chi connectivity index (χ4v) is 1.89. The number of hydrogen-bond acceptors (Lipinski definition) is 2. The molecule has 19 heavy (non-hydrogen) atoms. The first-order chi connectivity index (χ1) is 8.86. The van der Waals surface area contributed by atoms with Crippen molar-refractivity contribution in [1.29, 1.82) is 0 Å². The number of hydrogen-bond donors (Lipinski definition) is 1. The highest BCUT2D eigenvalue weighted by Crippen LogP contribution is 2.22. The van der Waals surface area contributed by atoms with Crippen LogP contribution in [-0.4, -0.2) is 24.7 Å². The van der Waals surface area contributed by atoms with Crippen LogP contribution in [0.15, 0.2) is 24.3 Å². The van der Waals surface area contributed by atoms with Gasteiger partial charge in [0.15, 0.2) is 0 Å². The summed E-state index contributed by atoms with van der Waals surface area (Å²) in [4.78, 5) is 13.2. The molecule has 1 aromatic carbocycles. The molecule has 0 spiro atoms. The maximum atomic E-state index is 11.1. The Morgan fingerprint density at radius 2 is 1.84 bits per heavy atom. The van der Waals surface area contributed by atoms with E-state index >= 15 is 0 Å². The number of nitrogens with zero attached hydrogens (tertiary/aromatic N) is 1. The zero-order valence-corrected chi connectivity index (χ0v) is 12.4.